The third-order valence-electron chi connectivity index (χ3n) is 3.30. The summed E-state index contributed by atoms with van der Waals surface area (Å²) >= 11 is 0. The van der Waals surface area contributed by atoms with E-state index in [2.05, 4.69) is 11.1 Å². The van der Waals surface area contributed by atoms with Crippen molar-refractivity contribution in [3.63, 3.8) is 0 Å². The fourth-order valence-corrected chi connectivity index (χ4v) is 2.28. The predicted octanol–water partition coefficient (Wildman–Crippen LogP) is 3.16. The number of rotatable bonds is 1. The van der Waals surface area contributed by atoms with Gasteiger partial charge in [-0.15, -0.1) is 0 Å². The first-order valence-electron chi connectivity index (χ1n) is 6.13. The molecule has 0 spiro atoms. The second kappa shape index (κ2) is 4.33. The van der Waals surface area contributed by atoms with Crippen molar-refractivity contribution in [1.82, 2.24) is 4.98 Å². The first-order chi connectivity index (χ1) is 8.72. The summed E-state index contributed by atoms with van der Waals surface area (Å²) in [6.45, 7) is 1.98. The van der Waals surface area contributed by atoms with E-state index in [1.54, 1.807) is 12.1 Å². The summed E-state index contributed by atoms with van der Waals surface area (Å²) in [5, 5.41) is 9.44. The Balaban J connectivity index is 1.86. The second-order valence-electron chi connectivity index (χ2n) is 4.67. The molecule has 1 aromatic heterocycles. The van der Waals surface area contributed by atoms with Gasteiger partial charge in [0.05, 0.1) is 0 Å². The van der Waals surface area contributed by atoms with Crippen molar-refractivity contribution in [2.45, 2.75) is 25.9 Å². The molecule has 1 unspecified atom stereocenters. The fraction of sp³-hybridized carbons (Fsp3) is 0.267. The van der Waals surface area contributed by atoms with Crippen LogP contribution in [0.25, 0.3) is 0 Å². The van der Waals surface area contributed by atoms with Gasteiger partial charge >= 0.3 is 0 Å². The fourth-order valence-electron chi connectivity index (χ4n) is 2.28. The van der Waals surface area contributed by atoms with Crippen LogP contribution in [0.15, 0.2) is 36.5 Å². The smallest absolute Gasteiger partial charge is 0.126 e. The van der Waals surface area contributed by atoms with Crippen LogP contribution in [-0.4, -0.2) is 10.1 Å². The number of ether oxygens (including phenoxy) is 1. The number of phenols is 1. The Bertz CT molecular complexity index is 563. The molecule has 18 heavy (non-hydrogen) atoms. The molecule has 3 nitrogen and oxygen atoms in total. The number of nitrogens with zero attached hydrogens (tertiary/aromatic N) is 1. The summed E-state index contributed by atoms with van der Waals surface area (Å²) in [5.41, 5.74) is 3.20. The van der Waals surface area contributed by atoms with Crippen LogP contribution in [0.4, 0.5) is 0 Å². The van der Waals surface area contributed by atoms with E-state index in [-0.39, 0.29) is 6.10 Å². The van der Waals surface area contributed by atoms with E-state index in [9.17, 15) is 5.11 Å². The van der Waals surface area contributed by atoms with Gasteiger partial charge in [0.1, 0.15) is 17.6 Å². The van der Waals surface area contributed by atoms with Gasteiger partial charge in [-0.1, -0.05) is 6.07 Å². The standard InChI is InChI=1S/C15H15NO2/c1-10-2-3-12(9-16-10)15-6-4-11-8-13(17)5-7-14(11)18-15/h2-3,5,7-9,15,17H,4,6H2,1H3. The molecule has 0 bridgehead atoms. The number of benzene rings is 1. The van der Waals surface area contributed by atoms with Crippen LogP contribution >= 0.6 is 0 Å². The van der Waals surface area contributed by atoms with E-state index in [4.69, 9.17) is 4.74 Å². The summed E-state index contributed by atoms with van der Waals surface area (Å²) in [6.07, 6.45) is 3.78. The quantitative estimate of drug-likeness (QED) is 0.833. The lowest BCUT2D eigenvalue weighted by Crippen LogP contribution is -2.15. The highest BCUT2D eigenvalue weighted by Crippen LogP contribution is 2.36. The molecule has 92 valence electrons. The monoisotopic (exact) mass is 241 g/mol. The number of fused-ring (bicyclic) bond motifs is 1. The minimum absolute atomic E-state index is 0.0649. The minimum atomic E-state index is 0.0649. The third kappa shape index (κ3) is 2.04. The Morgan fingerprint density at radius 1 is 1.28 bits per heavy atom. The number of phenolic OH excluding ortho intramolecular Hbond substituents is 1. The van der Waals surface area contributed by atoms with Crippen LogP contribution < -0.4 is 4.74 Å². The van der Waals surface area contributed by atoms with Crippen LogP contribution in [0.2, 0.25) is 0 Å². The van der Waals surface area contributed by atoms with Gasteiger partial charge in [0.2, 0.25) is 0 Å². The van der Waals surface area contributed by atoms with E-state index in [0.717, 1.165) is 35.4 Å². The molecule has 3 heteroatoms. The van der Waals surface area contributed by atoms with Gasteiger partial charge in [-0.2, -0.15) is 0 Å². The molecule has 1 aliphatic heterocycles. The van der Waals surface area contributed by atoms with Gasteiger partial charge in [-0.25, -0.2) is 0 Å². The van der Waals surface area contributed by atoms with Crippen molar-refractivity contribution in [2.24, 2.45) is 0 Å². The Kier molecular flexibility index (Phi) is 2.67. The van der Waals surface area contributed by atoms with Crippen molar-refractivity contribution in [3.05, 3.63) is 53.3 Å². The maximum Gasteiger partial charge on any atom is 0.126 e. The first kappa shape index (κ1) is 11.1. The second-order valence-corrected chi connectivity index (χ2v) is 4.67. The molecule has 0 aliphatic carbocycles. The number of aromatic nitrogens is 1. The van der Waals surface area contributed by atoms with Gasteiger partial charge in [-0.05, 0) is 49.6 Å². The normalized spacial score (nSPS) is 17.9. The summed E-state index contributed by atoms with van der Waals surface area (Å²) in [5.74, 6) is 1.16. The molecule has 0 radical (unpaired) electrons. The van der Waals surface area contributed by atoms with E-state index >= 15 is 0 Å². The predicted molar refractivity (Wildman–Crippen MR) is 68.8 cm³/mol. The molecule has 1 N–H and O–H groups in total. The number of hydrogen-bond acceptors (Lipinski definition) is 3. The molecule has 3 rings (SSSR count). The van der Waals surface area contributed by atoms with E-state index in [0.29, 0.717) is 5.75 Å². The zero-order chi connectivity index (χ0) is 12.5. The average Bonchev–Trinajstić information content (AvgIpc) is 2.39. The molecule has 0 saturated heterocycles. The summed E-state index contributed by atoms with van der Waals surface area (Å²) < 4.78 is 5.96. The van der Waals surface area contributed by atoms with Crippen LogP contribution in [0.3, 0.4) is 0 Å². The highest BCUT2D eigenvalue weighted by molar-refractivity contribution is 5.41. The molecule has 2 aromatic rings. The molecular weight excluding hydrogens is 226 g/mol. The number of pyridine rings is 1. The summed E-state index contributed by atoms with van der Waals surface area (Å²) in [6, 6.07) is 9.34. The number of aryl methyl sites for hydroxylation is 2. The van der Waals surface area contributed by atoms with Crippen LogP contribution in [0.5, 0.6) is 11.5 Å². The van der Waals surface area contributed by atoms with E-state index in [1.807, 2.05) is 25.3 Å². The Labute approximate surface area is 106 Å². The van der Waals surface area contributed by atoms with E-state index < -0.39 is 0 Å². The molecule has 0 saturated carbocycles. The van der Waals surface area contributed by atoms with Crippen molar-refractivity contribution in [1.29, 1.82) is 0 Å². The molecular formula is C15H15NO2. The lowest BCUT2D eigenvalue weighted by Gasteiger charge is -2.26. The highest BCUT2D eigenvalue weighted by Gasteiger charge is 2.21. The molecule has 1 atom stereocenters. The molecule has 0 fully saturated rings. The van der Waals surface area contributed by atoms with Gasteiger partial charge in [0.25, 0.3) is 0 Å². The van der Waals surface area contributed by atoms with Crippen molar-refractivity contribution >= 4 is 0 Å². The number of aromatic hydroxyl groups is 1. The molecule has 1 aliphatic rings. The zero-order valence-corrected chi connectivity index (χ0v) is 10.3. The summed E-state index contributed by atoms with van der Waals surface area (Å²) in [4.78, 5) is 4.30. The largest absolute Gasteiger partial charge is 0.508 e. The highest BCUT2D eigenvalue weighted by atomic mass is 16.5. The minimum Gasteiger partial charge on any atom is -0.508 e. The SMILES string of the molecule is Cc1ccc(C2CCc3cc(O)ccc3O2)cn1. The van der Waals surface area contributed by atoms with Gasteiger partial charge in [-0.3, -0.25) is 4.98 Å². The van der Waals surface area contributed by atoms with Gasteiger partial charge in [0, 0.05) is 17.5 Å². The van der Waals surface area contributed by atoms with Gasteiger partial charge in [0.15, 0.2) is 0 Å². The third-order valence-corrected chi connectivity index (χ3v) is 3.30. The lowest BCUT2D eigenvalue weighted by molar-refractivity contribution is 0.176. The number of hydrogen-bond donors (Lipinski definition) is 1. The average molecular weight is 241 g/mol. The van der Waals surface area contributed by atoms with Crippen LogP contribution in [0.1, 0.15) is 29.3 Å². The maximum atomic E-state index is 9.44. The van der Waals surface area contributed by atoms with Crippen molar-refractivity contribution in [2.75, 3.05) is 0 Å². The zero-order valence-electron chi connectivity index (χ0n) is 10.3. The summed E-state index contributed by atoms with van der Waals surface area (Å²) in [7, 11) is 0. The molecule has 1 aromatic carbocycles. The Morgan fingerprint density at radius 2 is 2.17 bits per heavy atom. The maximum absolute atomic E-state index is 9.44. The van der Waals surface area contributed by atoms with Crippen LogP contribution in [-0.2, 0) is 6.42 Å². The van der Waals surface area contributed by atoms with Crippen molar-refractivity contribution < 1.29 is 9.84 Å². The topological polar surface area (TPSA) is 42.4 Å². The Morgan fingerprint density at radius 3 is 2.94 bits per heavy atom. The van der Waals surface area contributed by atoms with Crippen LogP contribution in [0, 0.1) is 6.92 Å². The van der Waals surface area contributed by atoms with Gasteiger partial charge < -0.3 is 9.84 Å². The molecule has 0 amide bonds. The first-order valence-corrected chi connectivity index (χ1v) is 6.13. The van der Waals surface area contributed by atoms with E-state index in [1.165, 1.54) is 0 Å². The lowest BCUT2D eigenvalue weighted by atomic mass is 9.98. The molecule has 2 heterocycles. The Hall–Kier alpha value is -2.03. The van der Waals surface area contributed by atoms with Crippen molar-refractivity contribution in [3.8, 4) is 11.5 Å².